The Bertz CT molecular complexity index is 381. The highest BCUT2D eigenvalue weighted by Gasteiger charge is 2.10. The predicted molar refractivity (Wildman–Crippen MR) is 135 cm³/mol. The van der Waals surface area contributed by atoms with Crippen molar-refractivity contribution in [2.75, 3.05) is 45.8 Å². The number of carbonyl (C=O) groups excluding carboxylic acids is 1. The summed E-state index contributed by atoms with van der Waals surface area (Å²) in [6.07, 6.45) is 18.0. The molecule has 6 heteroatoms. The molecule has 0 fully saturated rings. The molecule has 0 saturated heterocycles. The van der Waals surface area contributed by atoms with Crippen molar-refractivity contribution in [1.82, 2.24) is 15.5 Å². The van der Waals surface area contributed by atoms with Gasteiger partial charge in [-0.3, -0.25) is 4.79 Å². The van der Waals surface area contributed by atoms with E-state index in [0.29, 0.717) is 19.5 Å². The van der Waals surface area contributed by atoms with E-state index in [4.69, 9.17) is 11.5 Å². The molecule has 0 bridgehead atoms. The van der Waals surface area contributed by atoms with E-state index < -0.39 is 0 Å². The van der Waals surface area contributed by atoms with Crippen LogP contribution in [-0.2, 0) is 4.79 Å². The lowest BCUT2D eigenvalue weighted by molar-refractivity contribution is -0.122. The van der Waals surface area contributed by atoms with Crippen molar-refractivity contribution < 1.29 is 4.79 Å². The summed E-state index contributed by atoms with van der Waals surface area (Å²) in [6.45, 7) is 9.87. The molecule has 0 heterocycles. The number of amides is 1. The lowest BCUT2D eigenvalue weighted by Crippen LogP contribution is -2.40. The van der Waals surface area contributed by atoms with Crippen molar-refractivity contribution in [3.8, 4) is 0 Å². The third-order valence-corrected chi connectivity index (χ3v) is 5.92. The minimum Gasteiger partial charge on any atom is -0.354 e. The van der Waals surface area contributed by atoms with Gasteiger partial charge in [-0.1, -0.05) is 84.0 Å². The molecule has 0 radical (unpaired) electrons. The maximum absolute atomic E-state index is 12.3. The van der Waals surface area contributed by atoms with Crippen LogP contribution in [0.3, 0.4) is 0 Å². The van der Waals surface area contributed by atoms with E-state index >= 15 is 0 Å². The Labute approximate surface area is 193 Å². The summed E-state index contributed by atoms with van der Waals surface area (Å²) in [4.78, 5) is 14.5. The first-order valence-corrected chi connectivity index (χ1v) is 13.3. The minimum absolute atomic E-state index is 0.156. The first kappa shape index (κ1) is 30.3. The van der Waals surface area contributed by atoms with Crippen LogP contribution < -0.4 is 22.1 Å². The number of nitrogens with two attached hydrogens (primary N) is 2. The third-order valence-electron chi connectivity index (χ3n) is 5.92. The van der Waals surface area contributed by atoms with Crippen LogP contribution in [0.4, 0.5) is 0 Å². The fraction of sp³-hybridized carbons (Fsp3) is 0.960. The summed E-state index contributed by atoms with van der Waals surface area (Å²) in [5.41, 5.74) is 11.2. The van der Waals surface area contributed by atoms with Gasteiger partial charge in [-0.25, -0.2) is 0 Å². The van der Waals surface area contributed by atoms with E-state index in [0.717, 1.165) is 39.1 Å². The summed E-state index contributed by atoms with van der Waals surface area (Å²) in [5.74, 6) is 0.156. The fourth-order valence-corrected chi connectivity index (χ4v) is 3.95. The second-order valence-electron chi connectivity index (χ2n) is 9.07. The summed E-state index contributed by atoms with van der Waals surface area (Å²) in [5, 5.41) is 6.46. The SMILES string of the molecule is CCCCCCCCCCCCCCC(C)NC(=O)CCN(CCN)CCNCCN. The van der Waals surface area contributed by atoms with E-state index in [2.05, 4.69) is 29.4 Å². The monoisotopic (exact) mass is 441 g/mol. The average molecular weight is 442 g/mol. The first-order valence-electron chi connectivity index (χ1n) is 13.3. The number of hydrogen-bond donors (Lipinski definition) is 4. The molecule has 0 aromatic heterocycles. The van der Waals surface area contributed by atoms with Crippen LogP contribution in [0.1, 0.15) is 104 Å². The van der Waals surface area contributed by atoms with Crippen LogP contribution in [0.2, 0.25) is 0 Å². The molecule has 0 rings (SSSR count). The number of rotatable bonds is 24. The van der Waals surface area contributed by atoms with Gasteiger partial charge >= 0.3 is 0 Å². The standard InChI is InChI=1S/C25H55N5O/c1-3-4-5-6-7-8-9-10-11-12-13-14-15-24(2)29-25(31)16-21-30(22-18-27)23-20-28-19-17-26/h24,28H,3-23,26-27H2,1-2H3,(H,29,31). The van der Waals surface area contributed by atoms with Crippen LogP contribution in [-0.4, -0.2) is 62.7 Å². The van der Waals surface area contributed by atoms with E-state index in [9.17, 15) is 4.79 Å². The molecule has 0 aliphatic carbocycles. The van der Waals surface area contributed by atoms with Gasteiger partial charge in [0, 0.05) is 58.3 Å². The Morgan fingerprint density at radius 3 is 1.90 bits per heavy atom. The smallest absolute Gasteiger partial charge is 0.221 e. The molecule has 0 spiro atoms. The zero-order chi connectivity index (χ0) is 23.0. The molecule has 0 aliphatic heterocycles. The zero-order valence-corrected chi connectivity index (χ0v) is 20.9. The van der Waals surface area contributed by atoms with E-state index in [1.54, 1.807) is 0 Å². The second-order valence-corrected chi connectivity index (χ2v) is 9.07. The predicted octanol–water partition coefficient (Wildman–Crippen LogP) is 3.78. The van der Waals surface area contributed by atoms with Crippen LogP contribution in [0.25, 0.3) is 0 Å². The Hall–Kier alpha value is -0.690. The van der Waals surface area contributed by atoms with Crippen LogP contribution in [0.5, 0.6) is 0 Å². The number of hydrogen-bond acceptors (Lipinski definition) is 5. The quantitative estimate of drug-likeness (QED) is 0.171. The summed E-state index contributed by atoms with van der Waals surface area (Å²) in [7, 11) is 0. The van der Waals surface area contributed by atoms with Gasteiger partial charge < -0.3 is 27.0 Å². The molecule has 0 aliphatic rings. The van der Waals surface area contributed by atoms with E-state index in [1.165, 1.54) is 77.0 Å². The molecule has 1 amide bonds. The van der Waals surface area contributed by atoms with Gasteiger partial charge in [0.05, 0.1) is 0 Å². The number of nitrogens with one attached hydrogen (secondary N) is 2. The van der Waals surface area contributed by atoms with Crippen molar-refractivity contribution in [3.05, 3.63) is 0 Å². The zero-order valence-electron chi connectivity index (χ0n) is 20.9. The minimum atomic E-state index is 0.156. The highest BCUT2D eigenvalue weighted by molar-refractivity contribution is 5.76. The van der Waals surface area contributed by atoms with E-state index in [1.807, 2.05) is 0 Å². The van der Waals surface area contributed by atoms with Gasteiger partial charge in [-0.05, 0) is 13.3 Å². The van der Waals surface area contributed by atoms with Gasteiger partial charge in [0.1, 0.15) is 0 Å². The molecule has 31 heavy (non-hydrogen) atoms. The van der Waals surface area contributed by atoms with Crippen LogP contribution >= 0.6 is 0 Å². The van der Waals surface area contributed by atoms with Gasteiger partial charge in [0.2, 0.25) is 5.91 Å². The molecular weight excluding hydrogens is 386 g/mol. The molecule has 6 nitrogen and oxygen atoms in total. The van der Waals surface area contributed by atoms with Crippen molar-refractivity contribution in [3.63, 3.8) is 0 Å². The maximum Gasteiger partial charge on any atom is 0.221 e. The molecule has 0 saturated carbocycles. The normalized spacial score (nSPS) is 12.4. The number of carbonyl (C=O) groups is 1. The first-order chi connectivity index (χ1) is 15.1. The van der Waals surface area contributed by atoms with Gasteiger partial charge in [0.25, 0.3) is 0 Å². The molecule has 6 N–H and O–H groups in total. The van der Waals surface area contributed by atoms with Crippen molar-refractivity contribution in [2.24, 2.45) is 11.5 Å². The van der Waals surface area contributed by atoms with E-state index in [-0.39, 0.29) is 11.9 Å². The summed E-state index contributed by atoms with van der Waals surface area (Å²) in [6, 6.07) is 0.268. The maximum atomic E-state index is 12.3. The van der Waals surface area contributed by atoms with Gasteiger partial charge in [-0.2, -0.15) is 0 Å². The molecule has 186 valence electrons. The highest BCUT2D eigenvalue weighted by atomic mass is 16.1. The summed E-state index contributed by atoms with van der Waals surface area (Å²) < 4.78 is 0. The van der Waals surface area contributed by atoms with Crippen molar-refractivity contribution in [2.45, 2.75) is 110 Å². The molecule has 1 atom stereocenters. The Morgan fingerprint density at radius 2 is 1.35 bits per heavy atom. The lowest BCUT2D eigenvalue weighted by atomic mass is 10.0. The lowest BCUT2D eigenvalue weighted by Gasteiger charge is -2.22. The third kappa shape index (κ3) is 22.3. The molecule has 0 aromatic rings. The average Bonchev–Trinajstić information content (AvgIpc) is 2.75. The highest BCUT2D eigenvalue weighted by Crippen LogP contribution is 2.13. The molecular formula is C25H55N5O. The summed E-state index contributed by atoms with van der Waals surface area (Å²) >= 11 is 0. The molecule has 0 aromatic carbocycles. The molecule has 1 unspecified atom stereocenters. The Morgan fingerprint density at radius 1 is 0.774 bits per heavy atom. The number of nitrogens with zero attached hydrogens (tertiary/aromatic N) is 1. The topological polar surface area (TPSA) is 96.4 Å². The van der Waals surface area contributed by atoms with Crippen LogP contribution in [0, 0.1) is 0 Å². The van der Waals surface area contributed by atoms with Crippen molar-refractivity contribution in [1.29, 1.82) is 0 Å². The Kier molecular flexibility index (Phi) is 23.4. The van der Waals surface area contributed by atoms with Gasteiger partial charge in [0.15, 0.2) is 0 Å². The van der Waals surface area contributed by atoms with Gasteiger partial charge in [-0.15, -0.1) is 0 Å². The fourth-order valence-electron chi connectivity index (χ4n) is 3.95. The number of unbranched alkanes of at least 4 members (excludes halogenated alkanes) is 11. The second kappa shape index (κ2) is 24.0. The largest absolute Gasteiger partial charge is 0.354 e. The van der Waals surface area contributed by atoms with Crippen LogP contribution in [0.15, 0.2) is 0 Å². The Balaban J connectivity index is 3.60. The van der Waals surface area contributed by atoms with Crippen molar-refractivity contribution >= 4 is 5.91 Å².